The van der Waals surface area contributed by atoms with Crippen LogP contribution in [0.3, 0.4) is 0 Å². The van der Waals surface area contributed by atoms with Crippen molar-refractivity contribution in [2.24, 2.45) is 0 Å². The Hall–Kier alpha value is -0.590. The molecule has 1 heterocycles. The summed E-state index contributed by atoms with van der Waals surface area (Å²) in [7, 11) is 0. The topological polar surface area (TPSA) is 3.01 Å². The van der Waals surface area contributed by atoms with Gasteiger partial charge in [-0.15, -0.1) is 0 Å². The highest BCUT2D eigenvalue weighted by Gasteiger charge is 2.15. The number of nitrogens with zero attached hydrogens (tertiary/aromatic N) is 1. The Morgan fingerprint density at radius 2 is 1.77 bits per heavy atom. The zero-order valence-electron chi connectivity index (χ0n) is 9.27. The van der Waals surface area contributed by atoms with Crippen LogP contribution in [0.5, 0.6) is 0 Å². The van der Waals surface area contributed by atoms with Gasteiger partial charge in [-0.25, -0.2) is 4.58 Å². The Bertz CT molecular complexity index is 211. The molecule has 1 nitrogen and oxygen atoms in total. The molecule has 0 aromatic heterocycles. The van der Waals surface area contributed by atoms with E-state index in [0.29, 0.717) is 0 Å². The lowest BCUT2D eigenvalue weighted by Gasteiger charge is -1.98. The average molecular weight is 180 g/mol. The van der Waals surface area contributed by atoms with E-state index in [1.807, 2.05) is 0 Å². The molecule has 0 aromatic carbocycles. The van der Waals surface area contributed by atoms with Crippen molar-refractivity contribution in [2.45, 2.75) is 46.5 Å². The second kappa shape index (κ2) is 5.21. The van der Waals surface area contributed by atoms with Crippen LogP contribution in [-0.2, 0) is 0 Å². The molecule has 0 amide bonds. The summed E-state index contributed by atoms with van der Waals surface area (Å²) in [6, 6.07) is 0. The predicted octanol–water partition coefficient (Wildman–Crippen LogP) is 3.00. The molecule has 74 valence electrons. The van der Waals surface area contributed by atoms with E-state index in [4.69, 9.17) is 0 Å². The van der Waals surface area contributed by atoms with Crippen LogP contribution in [0.25, 0.3) is 0 Å². The molecule has 1 aliphatic rings. The van der Waals surface area contributed by atoms with Crippen molar-refractivity contribution in [3.63, 3.8) is 0 Å². The lowest BCUT2D eigenvalue weighted by atomic mass is 10.2. The van der Waals surface area contributed by atoms with E-state index in [1.165, 1.54) is 44.3 Å². The summed E-state index contributed by atoms with van der Waals surface area (Å²) in [5.74, 6) is 0. The van der Waals surface area contributed by atoms with Gasteiger partial charge in [-0.1, -0.05) is 11.6 Å². The summed E-state index contributed by atoms with van der Waals surface area (Å²) in [6.07, 6.45) is 7.56. The summed E-state index contributed by atoms with van der Waals surface area (Å²) < 4.78 is 2.54. The zero-order chi connectivity index (χ0) is 9.68. The third kappa shape index (κ3) is 3.75. The third-order valence-corrected chi connectivity index (χ3v) is 2.70. The summed E-state index contributed by atoms with van der Waals surface area (Å²) in [5.41, 5.74) is 3.02. The highest BCUT2D eigenvalue weighted by Crippen LogP contribution is 2.05. The van der Waals surface area contributed by atoms with Gasteiger partial charge in [0.1, 0.15) is 18.8 Å². The molecule has 0 N–H and O–H groups in total. The van der Waals surface area contributed by atoms with Crippen molar-refractivity contribution in [1.29, 1.82) is 0 Å². The minimum Gasteiger partial charge on any atom is -0.237 e. The molecule has 1 rings (SSSR count). The van der Waals surface area contributed by atoms with Crippen molar-refractivity contribution in [1.82, 2.24) is 0 Å². The van der Waals surface area contributed by atoms with E-state index in [-0.39, 0.29) is 0 Å². The summed E-state index contributed by atoms with van der Waals surface area (Å²) in [4.78, 5) is 0. The van der Waals surface area contributed by atoms with E-state index >= 15 is 0 Å². The fraction of sp³-hybridized carbons (Fsp3) is 0.750. The van der Waals surface area contributed by atoms with Gasteiger partial charge in [0.05, 0.1) is 0 Å². The molecule has 1 heteroatoms. The van der Waals surface area contributed by atoms with Gasteiger partial charge in [0.2, 0.25) is 0 Å². The van der Waals surface area contributed by atoms with Gasteiger partial charge >= 0.3 is 0 Å². The molecule has 0 aliphatic carbocycles. The first-order valence-electron chi connectivity index (χ1n) is 5.41. The highest BCUT2D eigenvalue weighted by atomic mass is 15.0. The summed E-state index contributed by atoms with van der Waals surface area (Å²) in [5, 5.41) is 0. The minimum absolute atomic E-state index is 1.21. The minimum atomic E-state index is 1.21. The molecule has 0 radical (unpaired) electrons. The van der Waals surface area contributed by atoms with Crippen molar-refractivity contribution < 1.29 is 4.58 Å². The van der Waals surface area contributed by atoms with Crippen LogP contribution in [0.4, 0.5) is 0 Å². The van der Waals surface area contributed by atoms with Crippen LogP contribution in [0.2, 0.25) is 0 Å². The standard InChI is InChI=1S/C12H22N/c1-11(2)7-6-8-12(3)13-9-4-5-10-13/h7H,4-6,8-10H2,1-3H3/q+1. The second-order valence-corrected chi connectivity index (χ2v) is 4.25. The molecule has 0 saturated carbocycles. The molecule has 0 unspecified atom stereocenters. The number of allylic oxidation sites excluding steroid dienone is 2. The van der Waals surface area contributed by atoms with Crippen molar-refractivity contribution in [3.05, 3.63) is 11.6 Å². The van der Waals surface area contributed by atoms with Crippen LogP contribution in [-0.4, -0.2) is 23.4 Å². The van der Waals surface area contributed by atoms with E-state index in [1.54, 1.807) is 5.71 Å². The van der Waals surface area contributed by atoms with Gasteiger partial charge < -0.3 is 0 Å². The summed E-state index contributed by atoms with van der Waals surface area (Å²) in [6.45, 7) is 9.21. The Labute approximate surface area is 82.2 Å². The molecule has 0 bridgehead atoms. The quantitative estimate of drug-likeness (QED) is 0.464. The van der Waals surface area contributed by atoms with Crippen LogP contribution in [0.15, 0.2) is 11.6 Å². The maximum atomic E-state index is 2.54. The van der Waals surface area contributed by atoms with Gasteiger partial charge in [-0.05, 0) is 20.3 Å². The van der Waals surface area contributed by atoms with E-state index in [2.05, 4.69) is 31.4 Å². The lowest BCUT2D eigenvalue weighted by Crippen LogP contribution is -2.15. The fourth-order valence-corrected chi connectivity index (χ4v) is 1.83. The van der Waals surface area contributed by atoms with E-state index in [9.17, 15) is 0 Å². The first-order chi connectivity index (χ1) is 6.20. The molecule has 1 saturated heterocycles. The Morgan fingerprint density at radius 1 is 1.15 bits per heavy atom. The lowest BCUT2D eigenvalue weighted by molar-refractivity contribution is -0.507. The second-order valence-electron chi connectivity index (χ2n) is 4.25. The van der Waals surface area contributed by atoms with Gasteiger partial charge in [0.25, 0.3) is 0 Å². The molecule has 0 spiro atoms. The van der Waals surface area contributed by atoms with Gasteiger partial charge in [-0.3, -0.25) is 0 Å². The monoisotopic (exact) mass is 180 g/mol. The Morgan fingerprint density at radius 3 is 2.31 bits per heavy atom. The third-order valence-electron chi connectivity index (χ3n) is 2.70. The van der Waals surface area contributed by atoms with Crippen LogP contribution < -0.4 is 0 Å². The Kier molecular flexibility index (Phi) is 4.20. The highest BCUT2D eigenvalue weighted by molar-refractivity contribution is 5.77. The van der Waals surface area contributed by atoms with E-state index < -0.39 is 0 Å². The summed E-state index contributed by atoms with van der Waals surface area (Å²) >= 11 is 0. The molecular weight excluding hydrogens is 158 g/mol. The SMILES string of the molecule is CC(C)=CCCC(C)=[N+]1CCCC1. The zero-order valence-corrected chi connectivity index (χ0v) is 9.27. The molecule has 0 atom stereocenters. The maximum Gasteiger partial charge on any atom is 0.149 e. The molecule has 1 fully saturated rings. The first-order valence-corrected chi connectivity index (χ1v) is 5.41. The predicted molar refractivity (Wildman–Crippen MR) is 58.6 cm³/mol. The Balaban J connectivity index is 2.35. The first kappa shape index (κ1) is 10.5. The van der Waals surface area contributed by atoms with Gasteiger partial charge in [0, 0.05) is 26.2 Å². The number of hydrogen-bond donors (Lipinski definition) is 0. The smallest absolute Gasteiger partial charge is 0.149 e. The van der Waals surface area contributed by atoms with Crippen LogP contribution in [0, 0.1) is 0 Å². The fourth-order valence-electron chi connectivity index (χ4n) is 1.83. The normalized spacial score (nSPS) is 16.1. The number of hydrogen-bond acceptors (Lipinski definition) is 0. The number of rotatable bonds is 3. The molecular formula is C12H22N+. The maximum absolute atomic E-state index is 2.54. The molecule has 0 aromatic rings. The van der Waals surface area contributed by atoms with Gasteiger partial charge in [-0.2, -0.15) is 0 Å². The van der Waals surface area contributed by atoms with Crippen molar-refractivity contribution >= 4 is 5.71 Å². The van der Waals surface area contributed by atoms with Crippen LogP contribution in [0.1, 0.15) is 46.5 Å². The van der Waals surface area contributed by atoms with Crippen molar-refractivity contribution in [2.75, 3.05) is 13.1 Å². The van der Waals surface area contributed by atoms with Gasteiger partial charge in [0.15, 0.2) is 0 Å². The average Bonchev–Trinajstić information content (AvgIpc) is 2.55. The molecule has 1 aliphatic heterocycles. The molecule has 13 heavy (non-hydrogen) atoms. The largest absolute Gasteiger partial charge is 0.237 e. The van der Waals surface area contributed by atoms with E-state index in [0.717, 1.165) is 0 Å². The van der Waals surface area contributed by atoms with Crippen molar-refractivity contribution in [3.8, 4) is 0 Å². The van der Waals surface area contributed by atoms with Crippen LogP contribution >= 0.6 is 0 Å².